The number of piperazine rings is 1. The van der Waals surface area contributed by atoms with Gasteiger partial charge in [-0.05, 0) is 46.8 Å². The van der Waals surface area contributed by atoms with Gasteiger partial charge in [0, 0.05) is 37.8 Å². The zero-order valence-corrected chi connectivity index (χ0v) is 14.2. The molecule has 0 aromatic heterocycles. The Morgan fingerprint density at radius 3 is 2.43 bits per heavy atom. The van der Waals surface area contributed by atoms with Gasteiger partial charge in [-0.15, -0.1) is 12.4 Å². The molecule has 0 spiro atoms. The first kappa shape index (κ1) is 17.1. The molecule has 118 valence electrons. The molecule has 1 aromatic carbocycles. The highest BCUT2D eigenvalue weighted by molar-refractivity contribution is 9.10. The fourth-order valence-corrected chi connectivity index (χ4v) is 3.59. The lowest BCUT2D eigenvalue weighted by molar-refractivity contribution is 0.0783. The molecule has 2 nitrogen and oxygen atoms in total. The van der Waals surface area contributed by atoms with Crippen molar-refractivity contribution in [1.29, 1.82) is 0 Å². The van der Waals surface area contributed by atoms with E-state index in [1.54, 1.807) is 0 Å². The summed E-state index contributed by atoms with van der Waals surface area (Å²) >= 11 is 3.19. The number of benzene rings is 1. The van der Waals surface area contributed by atoms with Gasteiger partial charge in [0.05, 0.1) is 4.47 Å². The van der Waals surface area contributed by atoms with Gasteiger partial charge in [-0.25, -0.2) is 8.78 Å². The van der Waals surface area contributed by atoms with Crippen LogP contribution in [0.1, 0.15) is 30.9 Å². The van der Waals surface area contributed by atoms with E-state index in [1.807, 2.05) is 0 Å². The van der Waals surface area contributed by atoms with Crippen molar-refractivity contribution < 1.29 is 8.78 Å². The van der Waals surface area contributed by atoms with Gasteiger partial charge >= 0.3 is 0 Å². The van der Waals surface area contributed by atoms with Crippen LogP contribution in [0.2, 0.25) is 0 Å². The van der Waals surface area contributed by atoms with Gasteiger partial charge in [0.2, 0.25) is 0 Å². The fourth-order valence-electron chi connectivity index (χ4n) is 3.25. The highest BCUT2D eigenvalue weighted by Gasteiger charge is 2.37. The lowest BCUT2D eigenvalue weighted by Gasteiger charge is -2.43. The van der Waals surface area contributed by atoms with Crippen molar-refractivity contribution in [3.05, 3.63) is 33.8 Å². The van der Waals surface area contributed by atoms with Gasteiger partial charge in [0.15, 0.2) is 0 Å². The molecule has 1 saturated heterocycles. The molecule has 0 bridgehead atoms. The van der Waals surface area contributed by atoms with Crippen molar-refractivity contribution in [3.8, 4) is 0 Å². The third kappa shape index (κ3) is 3.41. The third-order valence-electron chi connectivity index (χ3n) is 4.52. The lowest BCUT2D eigenvalue weighted by Crippen LogP contribution is -2.48. The van der Waals surface area contributed by atoms with Crippen LogP contribution in [0.4, 0.5) is 8.78 Å². The maximum absolute atomic E-state index is 14.5. The Morgan fingerprint density at radius 2 is 1.86 bits per heavy atom. The summed E-state index contributed by atoms with van der Waals surface area (Å²) in [7, 11) is 0. The molecule has 0 amide bonds. The minimum Gasteiger partial charge on any atom is -0.314 e. The van der Waals surface area contributed by atoms with Gasteiger partial charge in [-0.1, -0.05) is 6.42 Å². The molecule has 0 radical (unpaired) electrons. The van der Waals surface area contributed by atoms with Gasteiger partial charge in [-0.3, -0.25) is 4.90 Å². The second kappa shape index (κ2) is 7.36. The molecule has 21 heavy (non-hydrogen) atoms. The van der Waals surface area contributed by atoms with Gasteiger partial charge in [0.25, 0.3) is 0 Å². The molecule has 2 aliphatic rings. The van der Waals surface area contributed by atoms with Gasteiger partial charge in [-0.2, -0.15) is 0 Å². The van der Waals surface area contributed by atoms with Crippen LogP contribution >= 0.6 is 28.3 Å². The van der Waals surface area contributed by atoms with Crippen LogP contribution in [-0.4, -0.2) is 31.1 Å². The number of hydrogen-bond acceptors (Lipinski definition) is 2. The highest BCUT2D eigenvalue weighted by atomic mass is 79.9. The molecule has 1 aromatic rings. The molecular weight excluding hydrogens is 362 g/mol. The van der Waals surface area contributed by atoms with Crippen molar-refractivity contribution >= 4 is 28.3 Å². The van der Waals surface area contributed by atoms with Crippen molar-refractivity contribution in [3.63, 3.8) is 0 Å². The summed E-state index contributed by atoms with van der Waals surface area (Å²) in [6.45, 7) is 3.49. The summed E-state index contributed by atoms with van der Waals surface area (Å²) in [5, 5.41) is 3.30. The predicted molar refractivity (Wildman–Crippen MR) is 85.8 cm³/mol. The zero-order chi connectivity index (χ0) is 14.1. The standard InChI is InChI=1S/C15H19BrF2N2.ClH/c16-11-4-5-12(17)13(14(11)18)15(10-2-1-3-10)20-8-6-19-7-9-20;/h4-5,10,15,19H,1-3,6-9H2;1H/t15-;/m0./s1. The number of rotatable bonds is 3. The van der Waals surface area contributed by atoms with Crippen LogP contribution < -0.4 is 5.32 Å². The summed E-state index contributed by atoms with van der Waals surface area (Å²) in [5.41, 5.74) is 0.256. The van der Waals surface area contributed by atoms with Crippen LogP contribution in [0.3, 0.4) is 0 Å². The Bertz CT molecular complexity index is 491. The number of halogens is 4. The monoisotopic (exact) mass is 380 g/mol. The van der Waals surface area contributed by atoms with Crippen LogP contribution in [0.25, 0.3) is 0 Å². The Labute approximate surface area is 138 Å². The summed E-state index contributed by atoms with van der Waals surface area (Å²) < 4.78 is 29.1. The summed E-state index contributed by atoms with van der Waals surface area (Å²) in [6, 6.07) is 2.70. The molecule has 1 heterocycles. The van der Waals surface area contributed by atoms with E-state index in [9.17, 15) is 8.78 Å². The van der Waals surface area contributed by atoms with E-state index >= 15 is 0 Å². The van der Waals surface area contributed by atoms with Crippen LogP contribution in [-0.2, 0) is 0 Å². The van der Waals surface area contributed by atoms with Gasteiger partial charge < -0.3 is 5.32 Å². The van der Waals surface area contributed by atoms with Crippen LogP contribution in [0.15, 0.2) is 16.6 Å². The minimum absolute atomic E-state index is 0. The third-order valence-corrected chi connectivity index (χ3v) is 5.13. The Kier molecular flexibility index (Phi) is 6.00. The van der Waals surface area contributed by atoms with E-state index in [1.165, 1.54) is 18.6 Å². The number of nitrogens with one attached hydrogen (secondary N) is 1. The normalized spacial score (nSPS) is 21.5. The zero-order valence-electron chi connectivity index (χ0n) is 11.7. The highest BCUT2D eigenvalue weighted by Crippen LogP contribution is 2.43. The van der Waals surface area contributed by atoms with E-state index < -0.39 is 11.6 Å². The number of hydrogen-bond donors (Lipinski definition) is 1. The summed E-state index contributed by atoms with van der Waals surface area (Å²) in [5.74, 6) is -0.465. The molecule has 1 N–H and O–H groups in total. The SMILES string of the molecule is Cl.Fc1ccc(Br)c(F)c1[C@H](C1CCC1)N1CCNCC1. The van der Waals surface area contributed by atoms with E-state index in [4.69, 9.17) is 0 Å². The summed E-state index contributed by atoms with van der Waals surface area (Å²) in [4.78, 5) is 2.24. The van der Waals surface area contributed by atoms with Gasteiger partial charge in [0.1, 0.15) is 11.6 Å². The maximum Gasteiger partial charge on any atom is 0.145 e. The van der Waals surface area contributed by atoms with E-state index in [2.05, 4.69) is 26.1 Å². The van der Waals surface area contributed by atoms with Crippen molar-refractivity contribution in [2.75, 3.05) is 26.2 Å². The van der Waals surface area contributed by atoms with E-state index in [-0.39, 0.29) is 24.0 Å². The first-order chi connectivity index (χ1) is 9.68. The van der Waals surface area contributed by atoms with Crippen LogP contribution in [0.5, 0.6) is 0 Å². The van der Waals surface area contributed by atoms with E-state index in [0.717, 1.165) is 39.0 Å². The Hall–Kier alpha value is -0.230. The molecule has 1 aliphatic heterocycles. The molecule has 2 fully saturated rings. The largest absolute Gasteiger partial charge is 0.314 e. The molecular formula is C15H20BrClF2N2. The minimum atomic E-state index is -0.430. The second-order valence-corrected chi connectivity index (χ2v) is 6.53. The molecule has 6 heteroatoms. The average molecular weight is 382 g/mol. The topological polar surface area (TPSA) is 15.3 Å². The number of nitrogens with zero attached hydrogens (tertiary/aromatic N) is 1. The maximum atomic E-state index is 14.5. The first-order valence-corrected chi connectivity index (χ1v) is 8.06. The fraction of sp³-hybridized carbons (Fsp3) is 0.600. The quantitative estimate of drug-likeness (QED) is 0.799. The molecule has 1 atom stereocenters. The Balaban J connectivity index is 0.00000161. The molecule has 1 saturated carbocycles. The first-order valence-electron chi connectivity index (χ1n) is 7.26. The molecule has 3 rings (SSSR count). The van der Waals surface area contributed by atoms with Crippen molar-refractivity contribution in [2.24, 2.45) is 5.92 Å². The van der Waals surface area contributed by atoms with Crippen molar-refractivity contribution in [2.45, 2.75) is 25.3 Å². The lowest BCUT2D eigenvalue weighted by atomic mass is 9.76. The van der Waals surface area contributed by atoms with Crippen molar-refractivity contribution in [1.82, 2.24) is 10.2 Å². The second-order valence-electron chi connectivity index (χ2n) is 5.68. The predicted octanol–water partition coefficient (Wildman–Crippen LogP) is 3.90. The van der Waals surface area contributed by atoms with Crippen LogP contribution in [0, 0.1) is 17.6 Å². The average Bonchev–Trinajstić information content (AvgIpc) is 2.41. The Morgan fingerprint density at radius 1 is 1.19 bits per heavy atom. The molecule has 0 unspecified atom stereocenters. The summed E-state index contributed by atoms with van der Waals surface area (Å²) in [6.07, 6.45) is 3.31. The molecule has 1 aliphatic carbocycles. The van der Waals surface area contributed by atoms with E-state index in [0.29, 0.717) is 10.4 Å². The smallest absolute Gasteiger partial charge is 0.145 e.